The summed E-state index contributed by atoms with van der Waals surface area (Å²) >= 11 is 0.993. The van der Waals surface area contributed by atoms with Crippen LogP contribution in [0.1, 0.15) is 12.8 Å². The molecule has 0 N–H and O–H groups in total. The van der Waals surface area contributed by atoms with Gasteiger partial charge in [0, 0.05) is 25.9 Å². The smallest absolute Gasteiger partial charge is 0.245 e. The molecule has 0 radical (unpaired) electrons. The van der Waals surface area contributed by atoms with E-state index in [0.29, 0.717) is 11.0 Å². The molecule has 0 atom stereocenters. The predicted octanol–water partition coefficient (Wildman–Crippen LogP) is 1.04. The Balaban J connectivity index is 2.05. The Labute approximate surface area is 114 Å². The minimum Gasteiger partial charge on any atom is -0.300 e. The first-order valence-corrected chi connectivity index (χ1v) is 7.99. The number of carbonyl (C=O) groups excluding carboxylic acids is 1. The number of fused-ring (bicyclic) bond motifs is 1. The third-order valence-corrected chi connectivity index (χ3v) is 5.62. The predicted molar refractivity (Wildman–Crippen MR) is 70.4 cm³/mol. The first kappa shape index (κ1) is 12.6. The molecule has 8 heteroatoms. The summed E-state index contributed by atoms with van der Waals surface area (Å²) in [4.78, 5) is 11.4. The Morgan fingerprint density at radius 2 is 1.89 bits per heavy atom. The summed E-state index contributed by atoms with van der Waals surface area (Å²) in [6, 6.07) is 4.93. The van der Waals surface area contributed by atoms with Gasteiger partial charge >= 0.3 is 0 Å². The fourth-order valence-corrected chi connectivity index (χ4v) is 4.30. The molecule has 1 saturated heterocycles. The SMILES string of the molecule is O=C1CCN(S(=O)(=O)c2cccc3nsnc23)CC1. The zero-order chi connectivity index (χ0) is 13.5. The number of nitrogens with zero attached hydrogens (tertiary/aromatic N) is 3. The van der Waals surface area contributed by atoms with Gasteiger partial charge < -0.3 is 0 Å². The van der Waals surface area contributed by atoms with E-state index >= 15 is 0 Å². The molecule has 3 rings (SSSR count). The molecule has 1 fully saturated rings. The normalized spacial score (nSPS) is 18.0. The number of piperidine rings is 1. The van der Waals surface area contributed by atoms with Crippen LogP contribution in [0.15, 0.2) is 23.1 Å². The molecular formula is C11H11N3O3S2. The van der Waals surface area contributed by atoms with E-state index in [2.05, 4.69) is 8.75 Å². The maximum absolute atomic E-state index is 12.6. The highest BCUT2D eigenvalue weighted by Crippen LogP contribution is 2.25. The molecule has 19 heavy (non-hydrogen) atoms. The van der Waals surface area contributed by atoms with E-state index < -0.39 is 10.0 Å². The van der Waals surface area contributed by atoms with Crippen LogP contribution < -0.4 is 0 Å². The third kappa shape index (κ3) is 2.15. The molecule has 1 aromatic carbocycles. The Morgan fingerprint density at radius 3 is 2.63 bits per heavy atom. The number of benzene rings is 1. The van der Waals surface area contributed by atoms with Crippen molar-refractivity contribution < 1.29 is 13.2 Å². The van der Waals surface area contributed by atoms with Crippen LogP contribution in [0.4, 0.5) is 0 Å². The van der Waals surface area contributed by atoms with Gasteiger partial charge in [-0.1, -0.05) is 6.07 Å². The third-order valence-electron chi connectivity index (χ3n) is 3.15. The van der Waals surface area contributed by atoms with E-state index in [1.165, 1.54) is 10.4 Å². The van der Waals surface area contributed by atoms with Crippen molar-refractivity contribution in [2.75, 3.05) is 13.1 Å². The molecule has 2 aromatic rings. The van der Waals surface area contributed by atoms with Gasteiger partial charge in [-0.3, -0.25) is 4.79 Å². The van der Waals surface area contributed by atoms with E-state index in [1.54, 1.807) is 12.1 Å². The highest BCUT2D eigenvalue weighted by Gasteiger charge is 2.30. The van der Waals surface area contributed by atoms with Crippen molar-refractivity contribution in [3.63, 3.8) is 0 Å². The molecular weight excluding hydrogens is 286 g/mol. The minimum absolute atomic E-state index is 0.111. The summed E-state index contributed by atoms with van der Waals surface area (Å²) in [7, 11) is -3.60. The monoisotopic (exact) mass is 297 g/mol. The van der Waals surface area contributed by atoms with Gasteiger partial charge in [-0.25, -0.2) is 8.42 Å². The fourth-order valence-electron chi connectivity index (χ4n) is 2.10. The molecule has 0 amide bonds. The Hall–Kier alpha value is -1.38. The number of hydrogen-bond acceptors (Lipinski definition) is 6. The summed E-state index contributed by atoms with van der Waals surface area (Å²) in [5.74, 6) is 0.111. The highest BCUT2D eigenvalue weighted by atomic mass is 32.2. The molecule has 100 valence electrons. The quantitative estimate of drug-likeness (QED) is 0.827. The molecule has 0 aliphatic carbocycles. The molecule has 6 nitrogen and oxygen atoms in total. The van der Waals surface area contributed by atoms with Crippen LogP contribution in [0, 0.1) is 0 Å². The molecule has 2 heterocycles. The fraction of sp³-hybridized carbons (Fsp3) is 0.364. The number of aromatic nitrogens is 2. The van der Waals surface area contributed by atoms with Gasteiger partial charge in [-0.2, -0.15) is 13.1 Å². The number of sulfonamides is 1. The standard InChI is InChI=1S/C11H11N3O3S2/c15-8-4-6-14(7-5-8)19(16,17)10-3-1-2-9-11(10)13-18-12-9/h1-3H,4-7H2. The zero-order valence-electron chi connectivity index (χ0n) is 9.94. The average molecular weight is 297 g/mol. The molecule has 0 bridgehead atoms. The van der Waals surface area contributed by atoms with Crippen LogP contribution in [-0.2, 0) is 14.8 Å². The van der Waals surface area contributed by atoms with Crippen molar-refractivity contribution in [2.45, 2.75) is 17.7 Å². The molecule has 0 saturated carbocycles. The second kappa shape index (κ2) is 4.62. The van der Waals surface area contributed by atoms with Gasteiger partial charge in [0.2, 0.25) is 10.0 Å². The van der Waals surface area contributed by atoms with E-state index in [4.69, 9.17) is 0 Å². The summed E-state index contributed by atoms with van der Waals surface area (Å²) in [5.41, 5.74) is 0.989. The number of hydrogen-bond donors (Lipinski definition) is 0. The van der Waals surface area contributed by atoms with Crippen LogP contribution in [0.25, 0.3) is 11.0 Å². The second-order valence-electron chi connectivity index (χ2n) is 4.33. The van der Waals surface area contributed by atoms with Crippen molar-refractivity contribution in [3.8, 4) is 0 Å². The summed E-state index contributed by atoms with van der Waals surface area (Å²) in [6.45, 7) is 0.490. The Kier molecular flexibility index (Phi) is 3.08. The molecule has 1 aliphatic rings. The van der Waals surface area contributed by atoms with Gasteiger partial charge in [-0.15, -0.1) is 0 Å². The lowest BCUT2D eigenvalue weighted by Gasteiger charge is -2.25. The van der Waals surface area contributed by atoms with Crippen molar-refractivity contribution >= 4 is 38.6 Å². The van der Waals surface area contributed by atoms with Gasteiger partial charge in [0.1, 0.15) is 21.7 Å². The average Bonchev–Trinajstić information content (AvgIpc) is 2.87. The Bertz CT molecular complexity index is 728. The zero-order valence-corrected chi connectivity index (χ0v) is 11.6. The van der Waals surface area contributed by atoms with Crippen LogP contribution in [0.5, 0.6) is 0 Å². The first-order chi connectivity index (χ1) is 9.09. The number of Topliss-reactive ketones (excluding diaryl/α,β-unsaturated/α-hetero) is 1. The van der Waals surface area contributed by atoms with E-state index in [1.807, 2.05) is 0 Å². The summed E-state index contributed by atoms with van der Waals surface area (Å²) < 4.78 is 34.6. The van der Waals surface area contributed by atoms with Crippen molar-refractivity contribution in [2.24, 2.45) is 0 Å². The lowest BCUT2D eigenvalue weighted by molar-refractivity contribution is -0.120. The van der Waals surface area contributed by atoms with E-state index in [9.17, 15) is 13.2 Å². The Morgan fingerprint density at radius 1 is 1.16 bits per heavy atom. The van der Waals surface area contributed by atoms with Crippen LogP contribution in [-0.4, -0.2) is 40.3 Å². The van der Waals surface area contributed by atoms with Crippen LogP contribution in [0.2, 0.25) is 0 Å². The van der Waals surface area contributed by atoms with Crippen molar-refractivity contribution in [3.05, 3.63) is 18.2 Å². The molecule has 1 aliphatic heterocycles. The minimum atomic E-state index is -3.60. The van der Waals surface area contributed by atoms with Gasteiger partial charge in [0.25, 0.3) is 0 Å². The van der Waals surface area contributed by atoms with Crippen molar-refractivity contribution in [1.82, 2.24) is 13.1 Å². The molecule has 0 spiro atoms. The highest BCUT2D eigenvalue weighted by molar-refractivity contribution is 7.89. The maximum Gasteiger partial charge on any atom is 0.245 e. The summed E-state index contributed by atoms with van der Waals surface area (Å²) in [6.07, 6.45) is 0.565. The largest absolute Gasteiger partial charge is 0.300 e. The van der Waals surface area contributed by atoms with E-state index in [-0.39, 0.29) is 36.6 Å². The lowest BCUT2D eigenvalue weighted by Crippen LogP contribution is -2.38. The van der Waals surface area contributed by atoms with Gasteiger partial charge in [-0.05, 0) is 12.1 Å². The topological polar surface area (TPSA) is 80.2 Å². The number of carbonyl (C=O) groups is 1. The van der Waals surface area contributed by atoms with Gasteiger partial charge in [0.15, 0.2) is 0 Å². The van der Waals surface area contributed by atoms with E-state index in [0.717, 1.165) is 11.7 Å². The lowest BCUT2D eigenvalue weighted by atomic mass is 10.1. The van der Waals surface area contributed by atoms with Crippen LogP contribution in [0.3, 0.4) is 0 Å². The molecule has 1 aromatic heterocycles. The first-order valence-electron chi connectivity index (χ1n) is 5.82. The molecule has 0 unspecified atom stereocenters. The summed E-state index contributed by atoms with van der Waals surface area (Å²) in [5, 5.41) is 0. The van der Waals surface area contributed by atoms with Crippen molar-refractivity contribution in [1.29, 1.82) is 0 Å². The van der Waals surface area contributed by atoms with Gasteiger partial charge in [0.05, 0.1) is 11.7 Å². The second-order valence-corrected chi connectivity index (χ2v) is 6.77. The number of ketones is 1. The number of rotatable bonds is 2. The maximum atomic E-state index is 12.6. The van der Waals surface area contributed by atoms with Crippen LogP contribution >= 0.6 is 11.7 Å².